The minimum absolute atomic E-state index is 0.0368. The van der Waals surface area contributed by atoms with Crippen LogP contribution in [0.4, 0.5) is 4.39 Å². The number of halogens is 1. The molecular formula is C30H36FN3O4. The highest BCUT2D eigenvalue weighted by atomic mass is 19.1. The number of rotatable bonds is 12. The second-order valence-electron chi connectivity index (χ2n) is 9.37. The highest BCUT2D eigenvalue weighted by molar-refractivity contribution is 5.82. The molecule has 1 heterocycles. The summed E-state index contributed by atoms with van der Waals surface area (Å²) < 4.78 is 30.5. The smallest absolute Gasteiger partial charge is 0.237 e. The lowest BCUT2D eigenvalue weighted by molar-refractivity contribution is -0.125. The lowest BCUT2D eigenvalue weighted by atomic mass is 10.1. The van der Waals surface area contributed by atoms with Crippen LogP contribution in [0, 0.1) is 5.82 Å². The molecule has 3 aromatic rings. The Morgan fingerprint density at radius 1 is 0.921 bits per heavy atom. The van der Waals surface area contributed by atoms with Gasteiger partial charge in [-0.05, 0) is 36.1 Å². The van der Waals surface area contributed by atoms with Gasteiger partial charge in [0.15, 0.2) is 11.5 Å². The molecule has 0 saturated carbocycles. The third-order valence-corrected chi connectivity index (χ3v) is 6.95. The van der Waals surface area contributed by atoms with E-state index in [1.807, 2.05) is 36.4 Å². The molecule has 2 atom stereocenters. The molecule has 1 amide bonds. The number of likely N-dealkylation sites (tertiary alicyclic amines) is 1. The Bertz CT molecular complexity index is 1210. The van der Waals surface area contributed by atoms with E-state index in [4.69, 9.17) is 14.2 Å². The maximum absolute atomic E-state index is 14.0. The molecule has 38 heavy (non-hydrogen) atoms. The number of amides is 1. The number of nitrogens with zero attached hydrogens (tertiary/aromatic N) is 1. The van der Waals surface area contributed by atoms with Crippen LogP contribution in [-0.2, 0) is 24.3 Å². The lowest BCUT2D eigenvalue weighted by Gasteiger charge is -2.23. The molecule has 0 aromatic heterocycles. The van der Waals surface area contributed by atoms with Crippen LogP contribution in [0.15, 0.2) is 66.7 Å². The van der Waals surface area contributed by atoms with E-state index in [0.717, 1.165) is 17.7 Å². The summed E-state index contributed by atoms with van der Waals surface area (Å²) >= 11 is 0. The molecule has 7 nitrogen and oxygen atoms in total. The summed E-state index contributed by atoms with van der Waals surface area (Å²) in [6, 6.07) is 20.4. The van der Waals surface area contributed by atoms with Crippen molar-refractivity contribution in [2.75, 3.05) is 34.4 Å². The van der Waals surface area contributed by atoms with Crippen LogP contribution in [0.2, 0.25) is 0 Å². The molecule has 1 saturated heterocycles. The molecule has 0 unspecified atom stereocenters. The number of hydrogen-bond donors (Lipinski definition) is 2. The zero-order chi connectivity index (χ0) is 26.9. The van der Waals surface area contributed by atoms with Crippen molar-refractivity contribution >= 4 is 5.91 Å². The van der Waals surface area contributed by atoms with Crippen molar-refractivity contribution in [2.45, 2.75) is 38.0 Å². The highest BCUT2D eigenvalue weighted by Crippen LogP contribution is 2.39. The van der Waals surface area contributed by atoms with Crippen LogP contribution in [0.25, 0.3) is 0 Å². The Labute approximate surface area is 223 Å². The van der Waals surface area contributed by atoms with Crippen molar-refractivity contribution in [3.05, 3.63) is 89.2 Å². The van der Waals surface area contributed by atoms with Crippen LogP contribution in [-0.4, -0.2) is 57.3 Å². The summed E-state index contributed by atoms with van der Waals surface area (Å²) in [4.78, 5) is 15.5. The fourth-order valence-electron chi connectivity index (χ4n) is 5.01. The molecule has 202 valence electrons. The Morgan fingerprint density at radius 3 is 2.37 bits per heavy atom. The fraction of sp³-hybridized carbons (Fsp3) is 0.367. The van der Waals surface area contributed by atoms with Gasteiger partial charge in [0, 0.05) is 37.8 Å². The first kappa shape index (κ1) is 27.4. The third kappa shape index (κ3) is 6.62. The summed E-state index contributed by atoms with van der Waals surface area (Å²) in [6.07, 6.45) is 1.11. The predicted molar refractivity (Wildman–Crippen MR) is 145 cm³/mol. The first-order chi connectivity index (χ1) is 18.5. The molecule has 1 aliphatic heterocycles. The number of carbonyl (C=O) groups excluding carboxylic acids is 1. The third-order valence-electron chi connectivity index (χ3n) is 6.95. The normalized spacial score (nSPS) is 17.3. The Morgan fingerprint density at radius 2 is 1.66 bits per heavy atom. The van der Waals surface area contributed by atoms with Crippen LogP contribution in [0.3, 0.4) is 0 Å². The van der Waals surface area contributed by atoms with Gasteiger partial charge in [0.05, 0.1) is 27.4 Å². The number of ether oxygens (including phenoxy) is 3. The predicted octanol–water partition coefficient (Wildman–Crippen LogP) is 3.94. The van der Waals surface area contributed by atoms with Crippen molar-refractivity contribution in [2.24, 2.45) is 0 Å². The van der Waals surface area contributed by atoms with Crippen LogP contribution in [0.5, 0.6) is 17.2 Å². The van der Waals surface area contributed by atoms with Gasteiger partial charge >= 0.3 is 0 Å². The molecule has 4 rings (SSSR count). The Balaban J connectivity index is 1.42. The second-order valence-corrected chi connectivity index (χ2v) is 9.37. The monoisotopic (exact) mass is 521 g/mol. The molecule has 3 aromatic carbocycles. The van der Waals surface area contributed by atoms with Gasteiger partial charge in [-0.1, -0.05) is 54.6 Å². The van der Waals surface area contributed by atoms with Crippen molar-refractivity contribution in [3.63, 3.8) is 0 Å². The van der Waals surface area contributed by atoms with Crippen LogP contribution < -0.4 is 24.8 Å². The number of methoxy groups -OCH3 is 3. The molecule has 2 N–H and O–H groups in total. The van der Waals surface area contributed by atoms with E-state index in [1.54, 1.807) is 33.5 Å². The van der Waals surface area contributed by atoms with Gasteiger partial charge in [-0.25, -0.2) is 4.39 Å². The number of hydrogen-bond acceptors (Lipinski definition) is 6. The zero-order valence-corrected chi connectivity index (χ0v) is 22.2. The van der Waals surface area contributed by atoms with Gasteiger partial charge in [-0.3, -0.25) is 9.69 Å². The average Bonchev–Trinajstić information content (AvgIpc) is 3.35. The first-order valence-corrected chi connectivity index (χ1v) is 12.8. The highest BCUT2D eigenvalue weighted by Gasteiger charge is 2.36. The molecule has 0 radical (unpaired) electrons. The molecule has 8 heteroatoms. The standard InChI is InChI=1S/C30H36FN3O4/c1-36-27-14-13-23(28(37-2)29(27)38-3)18-33-24-17-26(34(20-24)19-21-9-5-4-6-10-21)30(35)32-16-15-22-11-7-8-12-25(22)31/h4-14,24,26,33H,15-20H2,1-3H3,(H,32,35)/t24-,26-/m0/s1. The van der Waals surface area contributed by atoms with E-state index in [0.29, 0.717) is 55.3 Å². The maximum Gasteiger partial charge on any atom is 0.237 e. The molecular weight excluding hydrogens is 485 g/mol. The maximum atomic E-state index is 14.0. The quantitative estimate of drug-likeness (QED) is 0.376. The summed E-state index contributed by atoms with van der Waals surface area (Å²) in [7, 11) is 4.79. The van der Waals surface area contributed by atoms with E-state index in [-0.39, 0.29) is 23.8 Å². The minimum atomic E-state index is -0.291. The SMILES string of the molecule is COc1ccc(CN[C@H]2C[C@@H](C(=O)NCCc3ccccc3F)N(Cc3ccccc3)C2)c(OC)c1OC. The van der Waals surface area contributed by atoms with Crippen molar-refractivity contribution < 1.29 is 23.4 Å². The Hall–Kier alpha value is -3.62. The fourth-order valence-corrected chi connectivity index (χ4v) is 5.01. The van der Waals surface area contributed by atoms with Gasteiger partial charge < -0.3 is 24.8 Å². The van der Waals surface area contributed by atoms with Gasteiger partial charge in [-0.2, -0.15) is 0 Å². The number of nitrogens with one attached hydrogen (secondary N) is 2. The number of benzene rings is 3. The van der Waals surface area contributed by atoms with Gasteiger partial charge in [-0.15, -0.1) is 0 Å². The summed E-state index contributed by atoms with van der Waals surface area (Å²) in [6.45, 7) is 2.32. The zero-order valence-electron chi connectivity index (χ0n) is 22.2. The van der Waals surface area contributed by atoms with E-state index < -0.39 is 0 Å². The average molecular weight is 522 g/mol. The van der Waals surface area contributed by atoms with E-state index in [2.05, 4.69) is 27.7 Å². The molecule has 1 aliphatic rings. The minimum Gasteiger partial charge on any atom is -0.493 e. The van der Waals surface area contributed by atoms with E-state index in [9.17, 15) is 9.18 Å². The molecule has 0 bridgehead atoms. The van der Waals surface area contributed by atoms with Crippen molar-refractivity contribution in [3.8, 4) is 17.2 Å². The summed E-state index contributed by atoms with van der Waals surface area (Å²) in [5.74, 6) is 1.50. The first-order valence-electron chi connectivity index (χ1n) is 12.8. The van der Waals surface area contributed by atoms with Crippen LogP contribution in [0.1, 0.15) is 23.1 Å². The largest absolute Gasteiger partial charge is 0.493 e. The second kappa shape index (κ2) is 13.3. The molecule has 0 aliphatic carbocycles. The van der Waals surface area contributed by atoms with Crippen molar-refractivity contribution in [1.82, 2.24) is 15.5 Å². The number of carbonyl (C=O) groups is 1. The topological polar surface area (TPSA) is 72.1 Å². The van der Waals surface area contributed by atoms with E-state index >= 15 is 0 Å². The van der Waals surface area contributed by atoms with Gasteiger partial charge in [0.25, 0.3) is 0 Å². The van der Waals surface area contributed by atoms with E-state index in [1.165, 1.54) is 6.07 Å². The van der Waals surface area contributed by atoms with Gasteiger partial charge in [0.1, 0.15) is 5.82 Å². The van der Waals surface area contributed by atoms with Crippen molar-refractivity contribution in [1.29, 1.82) is 0 Å². The molecule has 1 fully saturated rings. The Kier molecular flexibility index (Phi) is 9.56. The van der Waals surface area contributed by atoms with Crippen LogP contribution >= 0.6 is 0 Å². The summed E-state index contributed by atoms with van der Waals surface area (Å²) in [5, 5.41) is 6.63. The molecule has 0 spiro atoms. The lowest BCUT2D eigenvalue weighted by Crippen LogP contribution is -2.43. The van der Waals surface area contributed by atoms with Gasteiger partial charge in [0.2, 0.25) is 11.7 Å². The summed E-state index contributed by atoms with van der Waals surface area (Å²) in [5.41, 5.74) is 2.69.